The van der Waals surface area contributed by atoms with Crippen molar-refractivity contribution in [2.24, 2.45) is 0 Å². The quantitative estimate of drug-likeness (QED) is 0.641. The molecule has 1 aromatic carbocycles. The number of hydrogen-bond acceptors (Lipinski definition) is 7. The zero-order valence-corrected chi connectivity index (χ0v) is 17.6. The van der Waals surface area contributed by atoms with Crippen LogP contribution >= 0.6 is 11.6 Å². The van der Waals surface area contributed by atoms with Crippen molar-refractivity contribution in [1.82, 2.24) is 15.0 Å². The van der Waals surface area contributed by atoms with E-state index < -0.39 is 6.10 Å². The zero-order valence-electron chi connectivity index (χ0n) is 16.8. The highest BCUT2D eigenvalue weighted by Gasteiger charge is 2.48. The summed E-state index contributed by atoms with van der Waals surface area (Å²) in [7, 11) is 0. The molecule has 162 valence electrons. The minimum atomic E-state index is -0.617. The highest BCUT2D eigenvalue weighted by atomic mass is 35.5. The molecule has 0 radical (unpaired) electrons. The van der Waals surface area contributed by atoms with E-state index in [2.05, 4.69) is 44.1 Å². The molecular formula is C22H23ClN4O4. The molecule has 4 atom stereocenters. The number of rotatable bonds is 4. The standard InChI is InChI=1S/C22H23ClN4O4/c23-14-9-15-21(25-18(14)12-3-5-13(6-4-12)27-7-1-2-8-27)26-22(24-15)31-17-11-30-19-16(28)10-29-20(17)19/h3-6,9,16-17,19-20,28H,1-2,7-8,10-11H2,(H,24,25,26)/t16?,17?,19-,20-/m1/s1. The molecule has 9 heteroatoms. The van der Waals surface area contributed by atoms with E-state index >= 15 is 0 Å². The summed E-state index contributed by atoms with van der Waals surface area (Å²) < 4.78 is 17.2. The Morgan fingerprint density at radius 1 is 1.06 bits per heavy atom. The predicted molar refractivity (Wildman–Crippen MR) is 116 cm³/mol. The highest BCUT2D eigenvalue weighted by molar-refractivity contribution is 6.33. The van der Waals surface area contributed by atoms with Gasteiger partial charge in [-0.25, -0.2) is 4.98 Å². The molecule has 2 aromatic heterocycles. The number of imidazole rings is 1. The van der Waals surface area contributed by atoms with Gasteiger partial charge >= 0.3 is 0 Å². The summed E-state index contributed by atoms with van der Waals surface area (Å²) in [6.45, 7) is 2.81. The normalized spacial score (nSPS) is 27.9. The van der Waals surface area contributed by atoms with E-state index in [4.69, 9.17) is 25.8 Å². The van der Waals surface area contributed by atoms with Crippen LogP contribution in [0.5, 0.6) is 6.01 Å². The van der Waals surface area contributed by atoms with Crippen LogP contribution in [0.25, 0.3) is 22.4 Å². The minimum absolute atomic E-state index is 0.256. The molecule has 0 bridgehead atoms. The minimum Gasteiger partial charge on any atom is -0.456 e. The summed E-state index contributed by atoms with van der Waals surface area (Å²) in [5, 5.41) is 10.4. The van der Waals surface area contributed by atoms with Gasteiger partial charge in [-0.3, -0.25) is 0 Å². The molecular weight excluding hydrogens is 420 g/mol. The Balaban J connectivity index is 1.24. The molecule has 0 saturated carbocycles. The number of aliphatic hydroxyl groups is 1. The molecule has 2 N–H and O–H groups in total. The molecule has 3 saturated heterocycles. The number of benzene rings is 1. The number of fused-ring (bicyclic) bond motifs is 2. The molecule has 0 amide bonds. The average molecular weight is 443 g/mol. The summed E-state index contributed by atoms with van der Waals surface area (Å²) in [6.07, 6.45) is 0.888. The number of aromatic nitrogens is 3. The largest absolute Gasteiger partial charge is 0.456 e. The topological polar surface area (TPSA) is 92.7 Å². The van der Waals surface area contributed by atoms with Gasteiger partial charge in [0.2, 0.25) is 0 Å². The van der Waals surface area contributed by atoms with E-state index in [1.54, 1.807) is 0 Å². The van der Waals surface area contributed by atoms with Gasteiger partial charge in [-0.2, -0.15) is 4.98 Å². The van der Waals surface area contributed by atoms with Crippen molar-refractivity contribution in [1.29, 1.82) is 0 Å². The summed E-state index contributed by atoms with van der Waals surface area (Å²) >= 11 is 6.54. The lowest BCUT2D eigenvalue weighted by molar-refractivity contribution is 0.00706. The monoisotopic (exact) mass is 442 g/mol. The summed E-state index contributed by atoms with van der Waals surface area (Å²) in [5.74, 6) is 0. The number of pyridine rings is 1. The van der Waals surface area contributed by atoms with Gasteiger partial charge in [0.15, 0.2) is 11.8 Å². The number of aromatic amines is 1. The maximum Gasteiger partial charge on any atom is 0.296 e. The Labute approximate surface area is 184 Å². The maximum atomic E-state index is 9.89. The molecule has 31 heavy (non-hydrogen) atoms. The smallest absolute Gasteiger partial charge is 0.296 e. The first-order valence-corrected chi connectivity index (χ1v) is 11.0. The van der Waals surface area contributed by atoms with E-state index in [1.807, 2.05) is 6.07 Å². The van der Waals surface area contributed by atoms with Gasteiger partial charge in [-0.05, 0) is 31.0 Å². The first kappa shape index (κ1) is 19.3. The number of hydrogen-bond donors (Lipinski definition) is 2. The lowest BCUT2D eigenvalue weighted by atomic mass is 10.1. The van der Waals surface area contributed by atoms with Crippen LogP contribution in [-0.4, -0.2) is 70.8 Å². The molecule has 0 spiro atoms. The van der Waals surface area contributed by atoms with Crippen LogP contribution in [0.3, 0.4) is 0 Å². The van der Waals surface area contributed by atoms with Crippen LogP contribution in [0.4, 0.5) is 5.69 Å². The van der Waals surface area contributed by atoms with Crippen molar-refractivity contribution in [2.75, 3.05) is 31.2 Å². The van der Waals surface area contributed by atoms with E-state index in [-0.39, 0.29) is 24.9 Å². The fourth-order valence-corrected chi connectivity index (χ4v) is 4.91. The highest BCUT2D eigenvalue weighted by Crippen LogP contribution is 2.33. The van der Waals surface area contributed by atoms with Crippen LogP contribution in [0, 0.1) is 0 Å². The maximum absolute atomic E-state index is 9.89. The second kappa shape index (κ2) is 7.63. The number of anilines is 1. The van der Waals surface area contributed by atoms with Crippen molar-refractivity contribution in [2.45, 2.75) is 37.3 Å². The zero-order chi connectivity index (χ0) is 20.9. The average Bonchev–Trinajstić information content (AvgIpc) is 3.55. The van der Waals surface area contributed by atoms with Crippen molar-refractivity contribution in [3.8, 4) is 17.3 Å². The van der Waals surface area contributed by atoms with E-state index in [9.17, 15) is 5.11 Å². The van der Waals surface area contributed by atoms with E-state index in [0.717, 1.165) is 18.7 Å². The van der Waals surface area contributed by atoms with Crippen molar-refractivity contribution in [3.05, 3.63) is 35.4 Å². The van der Waals surface area contributed by atoms with Gasteiger partial charge in [0.25, 0.3) is 6.01 Å². The number of H-pyrrole nitrogens is 1. The number of nitrogens with one attached hydrogen (secondary N) is 1. The van der Waals surface area contributed by atoms with Crippen LogP contribution in [0.1, 0.15) is 12.8 Å². The van der Waals surface area contributed by atoms with Gasteiger partial charge in [0.05, 0.1) is 29.4 Å². The Hall–Kier alpha value is -2.39. The molecule has 3 aliphatic heterocycles. The molecule has 3 aliphatic rings. The molecule has 6 rings (SSSR count). The molecule has 3 aromatic rings. The molecule has 5 heterocycles. The van der Waals surface area contributed by atoms with Crippen LogP contribution in [-0.2, 0) is 9.47 Å². The second-order valence-corrected chi connectivity index (χ2v) is 8.70. The fraction of sp³-hybridized carbons (Fsp3) is 0.455. The van der Waals surface area contributed by atoms with Gasteiger partial charge in [-0.15, -0.1) is 0 Å². The third-order valence-corrected chi connectivity index (χ3v) is 6.55. The second-order valence-electron chi connectivity index (χ2n) is 8.29. The Bertz CT molecular complexity index is 1100. The van der Waals surface area contributed by atoms with Gasteiger partial charge in [0, 0.05) is 24.3 Å². The Kier molecular flexibility index (Phi) is 4.75. The number of aliphatic hydroxyl groups excluding tert-OH is 1. The summed E-state index contributed by atoms with van der Waals surface area (Å²) in [4.78, 5) is 14.7. The van der Waals surface area contributed by atoms with Crippen LogP contribution < -0.4 is 9.64 Å². The summed E-state index contributed by atoms with van der Waals surface area (Å²) in [5.41, 5.74) is 4.08. The predicted octanol–water partition coefficient (Wildman–Crippen LogP) is 2.78. The van der Waals surface area contributed by atoms with Gasteiger partial charge in [0.1, 0.15) is 18.3 Å². The third kappa shape index (κ3) is 3.43. The van der Waals surface area contributed by atoms with Crippen LogP contribution in [0.15, 0.2) is 30.3 Å². The first-order chi connectivity index (χ1) is 15.2. The third-order valence-electron chi connectivity index (χ3n) is 6.26. The van der Waals surface area contributed by atoms with Crippen molar-refractivity contribution >= 4 is 28.5 Å². The Morgan fingerprint density at radius 2 is 1.84 bits per heavy atom. The van der Waals surface area contributed by atoms with E-state index in [0.29, 0.717) is 34.5 Å². The molecule has 3 fully saturated rings. The lowest BCUT2D eigenvalue weighted by Crippen LogP contribution is -2.34. The van der Waals surface area contributed by atoms with Crippen molar-refractivity contribution in [3.63, 3.8) is 0 Å². The molecule has 8 nitrogen and oxygen atoms in total. The van der Waals surface area contributed by atoms with E-state index in [1.165, 1.54) is 18.5 Å². The fourth-order valence-electron chi connectivity index (χ4n) is 4.65. The van der Waals surface area contributed by atoms with Gasteiger partial charge in [-0.1, -0.05) is 23.7 Å². The van der Waals surface area contributed by atoms with Crippen molar-refractivity contribution < 1.29 is 19.3 Å². The Morgan fingerprint density at radius 3 is 2.65 bits per heavy atom. The SMILES string of the molecule is OC1CO[C@@H]2C(Oc3nc4nc(-c5ccc(N6CCCC6)cc5)c(Cl)cc4[nH]3)CO[C@H]12. The number of halogens is 1. The molecule has 2 unspecified atom stereocenters. The van der Waals surface area contributed by atoms with Gasteiger partial charge < -0.3 is 29.2 Å². The first-order valence-electron chi connectivity index (χ1n) is 10.7. The van der Waals surface area contributed by atoms with Crippen LogP contribution in [0.2, 0.25) is 5.02 Å². The lowest BCUT2D eigenvalue weighted by Gasteiger charge is -2.17. The molecule has 0 aliphatic carbocycles. The number of nitrogens with zero attached hydrogens (tertiary/aromatic N) is 3. The number of ether oxygens (including phenoxy) is 3. The summed E-state index contributed by atoms with van der Waals surface area (Å²) in [6, 6.07) is 10.5.